The van der Waals surface area contributed by atoms with Gasteiger partial charge >= 0.3 is 0 Å². The quantitative estimate of drug-likeness (QED) is 0.757. The number of nitrogens with one attached hydrogen (secondary N) is 1. The molecule has 0 fully saturated rings. The van der Waals surface area contributed by atoms with Crippen molar-refractivity contribution < 1.29 is 4.79 Å². The van der Waals surface area contributed by atoms with Gasteiger partial charge in [-0.3, -0.25) is 4.79 Å². The molecule has 100 valence electrons. The van der Waals surface area contributed by atoms with Crippen LogP contribution in [0.15, 0.2) is 42.6 Å². The number of carbonyl (C=O) groups excluding carboxylic acids is 1. The van der Waals surface area contributed by atoms with E-state index in [0.717, 1.165) is 10.2 Å². The average molecular weight is 304 g/mol. The van der Waals surface area contributed by atoms with Crippen molar-refractivity contribution in [1.82, 2.24) is 4.98 Å². The Labute approximate surface area is 124 Å². The lowest BCUT2D eigenvalue weighted by Crippen LogP contribution is -2.11. The van der Waals surface area contributed by atoms with Gasteiger partial charge in [-0.25, -0.2) is 4.98 Å². The van der Waals surface area contributed by atoms with Crippen molar-refractivity contribution in [3.05, 3.63) is 52.5 Å². The monoisotopic (exact) mass is 303 g/mol. The summed E-state index contributed by atoms with van der Waals surface area (Å²) in [6.45, 7) is 0. The van der Waals surface area contributed by atoms with Gasteiger partial charge in [-0.15, -0.1) is 11.3 Å². The highest BCUT2D eigenvalue weighted by Gasteiger charge is 2.16. The van der Waals surface area contributed by atoms with Gasteiger partial charge in [0, 0.05) is 22.3 Å². The lowest BCUT2D eigenvalue weighted by atomic mass is 10.2. The normalized spacial score (nSPS) is 10.7. The Hall–Kier alpha value is -2.11. The average Bonchev–Trinajstić information content (AvgIpc) is 2.77. The molecule has 0 saturated heterocycles. The fraction of sp³-hybridized carbons (Fsp3) is 0. The molecule has 2 aromatic heterocycles. The molecule has 20 heavy (non-hydrogen) atoms. The molecule has 6 heteroatoms. The highest BCUT2D eigenvalue weighted by molar-refractivity contribution is 7.21. The van der Waals surface area contributed by atoms with E-state index < -0.39 is 0 Å². The van der Waals surface area contributed by atoms with Crippen LogP contribution in [0.3, 0.4) is 0 Å². The summed E-state index contributed by atoms with van der Waals surface area (Å²) in [4.78, 5) is 17.7. The number of fused-ring (bicyclic) bond motifs is 1. The smallest absolute Gasteiger partial charge is 0.267 e. The Bertz CT molecular complexity index is 800. The maximum absolute atomic E-state index is 12.3. The second-order valence-corrected chi connectivity index (χ2v) is 5.60. The van der Waals surface area contributed by atoms with Gasteiger partial charge < -0.3 is 11.1 Å². The number of carbonyl (C=O) groups is 1. The molecule has 0 atom stereocenters. The van der Waals surface area contributed by atoms with Crippen LogP contribution in [-0.2, 0) is 0 Å². The van der Waals surface area contributed by atoms with Gasteiger partial charge in [0.05, 0.1) is 5.69 Å². The maximum atomic E-state index is 12.3. The molecule has 0 aliphatic heterocycles. The van der Waals surface area contributed by atoms with Crippen molar-refractivity contribution in [3.8, 4) is 0 Å². The summed E-state index contributed by atoms with van der Waals surface area (Å²) in [6, 6.07) is 10.6. The highest BCUT2D eigenvalue weighted by atomic mass is 35.5. The van der Waals surface area contributed by atoms with Crippen molar-refractivity contribution >= 4 is 50.4 Å². The van der Waals surface area contributed by atoms with E-state index in [2.05, 4.69) is 10.3 Å². The zero-order chi connectivity index (χ0) is 14.1. The number of rotatable bonds is 2. The van der Waals surface area contributed by atoms with Gasteiger partial charge in [-0.1, -0.05) is 17.7 Å². The minimum Gasteiger partial charge on any atom is -0.397 e. The van der Waals surface area contributed by atoms with Gasteiger partial charge in [0.2, 0.25) is 0 Å². The Morgan fingerprint density at radius 3 is 2.90 bits per heavy atom. The van der Waals surface area contributed by atoms with Gasteiger partial charge in [0.1, 0.15) is 9.71 Å². The van der Waals surface area contributed by atoms with E-state index >= 15 is 0 Å². The summed E-state index contributed by atoms with van der Waals surface area (Å²) < 4.78 is 0. The van der Waals surface area contributed by atoms with Gasteiger partial charge in [0.25, 0.3) is 5.91 Å². The first-order chi connectivity index (χ1) is 9.65. The van der Waals surface area contributed by atoms with Gasteiger partial charge in [-0.05, 0) is 30.3 Å². The van der Waals surface area contributed by atoms with E-state index in [1.54, 1.807) is 36.5 Å². The van der Waals surface area contributed by atoms with E-state index in [9.17, 15) is 4.79 Å². The Morgan fingerprint density at radius 1 is 1.30 bits per heavy atom. The fourth-order valence-electron chi connectivity index (χ4n) is 1.87. The maximum Gasteiger partial charge on any atom is 0.267 e. The minimum absolute atomic E-state index is 0.257. The molecule has 2 heterocycles. The number of nitrogens with zero attached hydrogens (tertiary/aromatic N) is 1. The number of hydrogen-bond donors (Lipinski definition) is 2. The number of benzene rings is 1. The molecular weight excluding hydrogens is 294 g/mol. The molecule has 0 radical (unpaired) electrons. The molecule has 0 unspecified atom stereocenters. The SMILES string of the molecule is Nc1c(C(=O)Nc2cccc(Cl)c2)sc2ncccc12. The number of halogens is 1. The molecule has 3 N–H and O–H groups in total. The van der Waals surface area contributed by atoms with E-state index in [1.807, 2.05) is 6.07 Å². The number of anilines is 2. The van der Waals surface area contributed by atoms with Crippen LogP contribution in [0.4, 0.5) is 11.4 Å². The number of aromatic nitrogens is 1. The summed E-state index contributed by atoms with van der Waals surface area (Å²) in [5.41, 5.74) is 7.09. The lowest BCUT2D eigenvalue weighted by molar-refractivity contribution is 0.103. The fourth-order valence-corrected chi connectivity index (χ4v) is 3.02. The number of nitrogen functional groups attached to an aromatic ring is 1. The summed E-state index contributed by atoms with van der Waals surface area (Å²) in [5, 5.41) is 4.14. The molecular formula is C14H10ClN3OS. The third kappa shape index (κ3) is 2.33. The molecule has 0 aliphatic rings. The van der Waals surface area contributed by atoms with Crippen molar-refractivity contribution in [2.75, 3.05) is 11.1 Å². The zero-order valence-corrected chi connectivity index (χ0v) is 11.8. The molecule has 3 aromatic rings. The van der Waals surface area contributed by atoms with Crippen molar-refractivity contribution in [1.29, 1.82) is 0 Å². The first-order valence-electron chi connectivity index (χ1n) is 5.85. The first kappa shape index (κ1) is 12.9. The number of amides is 1. The third-order valence-corrected chi connectivity index (χ3v) is 4.16. The van der Waals surface area contributed by atoms with Crippen LogP contribution in [0, 0.1) is 0 Å². The van der Waals surface area contributed by atoms with Crippen LogP contribution in [0.2, 0.25) is 5.02 Å². The van der Waals surface area contributed by atoms with Crippen LogP contribution < -0.4 is 11.1 Å². The van der Waals surface area contributed by atoms with Crippen LogP contribution >= 0.6 is 22.9 Å². The number of thiophene rings is 1. The molecule has 1 aromatic carbocycles. The number of nitrogens with two attached hydrogens (primary N) is 1. The molecule has 0 aliphatic carbocycles. The molecule has 3 rings (SSSR count). The van der Waals surface area contributed by atoms with E-state index in [1.165, 1.54) is 11.3 Å². The zero-order valence-electron chi connectivity index (χ0n) is 10.3. The third-order valence-electron chi connectivity index (χ3n) is 2.79. The topological polar surface area (TPSA) is 68.0 Å². The predicted molar refractivity (Wildman–Crippen MR) is 83.4 cm³/mol. The Morgan fingerprint density at radius 2 is 2.15 bits per heavy atom. The summed E-state index contributed by atoms with van der Waals surface area (Å²) in [6.07, 6.45) is 1.68. The number of hydrogen-bond acceptors (Lipinski definition) is 4. The van der Waals surface area contributed by atoms with Crippen molar-refractivity contribution in [2.45, 2.75) is 0 Å². The summed E-state index contributed by atoms with van der Waals surface area (Å²) in [5.74, 6) is -0.257. The predicted octanol–water partition coefficient (Wildman–Crippen LogP) is 3.78. The highest BCUT2D eigenvalue weighted by Crippen LogP contribution is 2.32. The Balaban J connectivity index is 1.95. The van der Waals surface area contributed by atoms with Crippen molar-refractivity contribution in [3.63, 3.8) is 0 Å². The molecule has 0 saturated carbocycles. The lowest BCUT2D eigenvalue weighted by Gasteiger charge is -2.04. The number of pyridine rings is 1. The van der Waals surface area contributed by atoms with Crippen LogP contribution in [0.1, 0.15) is 9.67 Å². The van der Waals surface area contributed by atoms with Gasteiger partial charge in [-0.2, -0.15) is 0 Å². The summed E-state index contributed by atoms with van der Waals surface area (Å²) in [7, 11) is 0. The first-order valence-corrected chi connectivity index (χ1v) is 7.04. The molecule has 4 nitrogen and oxygen atoms in total. The minimum atomic E-state index is -0.257. The summed E-state index contributed by atoms with van der Waals surface area (Å²) >= 11 is 7.16. The van der Waals surface area contributed by atoms with Crippen LogP contribution in [0.25, 0.3) is 10.2 Å². The van der Waals surface area contributed by atoms with E-state index in [4.69, 9.17) is 17.3 Å². The van der Waals surface area contributed by atoms with Gasteiger partial charge in [0.15, 0.2) is 0 Å². The van der Waals surface area contributed by atoms with E-state index in [0.29, 0.717) is 21.3 Å². The standard InChI is InChI=1S/C14H10ClN3OS/c15-8-3-1-4-9(7-8)18-13(19)12-11(16)10-5-2-6-17-14(10)20-12/h1-7H,16H2,(H,18,19). The molecule has 0 bridgehead atoms. The second-order valence-electron chi connectivity index (χ2n) is 4.17. The Kier molecular flexibility index (Phi) is 3.30. The molecule has 0 spiro atoms. The van der Waals surface area contributed by atoms with Crippen LogP contribution in [-0.4, -0.2) is 10.9 Å². The molecule has 1 amide bonds. The largest absolute Gasteiger partial charge is 0.397 e. The van der Waals surface area contributed by atoms with E-state index in [-0.39, 0.29) is 5.91 Å². The second kappa shape index (κ2) is 5.11. The van der Waals surface area contributed by atoms with Crippen LogP contribution in [0.5, 0.6) is 0 Å². The van der Waals surface area contributed by atoms with Crippen molar-refractivity contribution in [2.24, 2.45) is 0 Å².